The molecule has 0 atom stereocenters. The monoisotopic (exact) mass is 364 g/mol. The first-order valence-corrected chi connectivity index (χ1v) is 10.6. The van der Waals surface area contributed by atoms with Gasteiger partial charge in [-0.1, -0.05) is 88.1 Å². The second kappa shape index (κ2) is 9.32. The summed E-state index contributed by atoms with van der Waals surface area (Å²) in [4.78, 5) is 13.6. The fourth-order valence-corrected chi connectivity index (χ4v) is 4.26. The molecule has 1 aliphatic carbocycles. The van der Waals surface area contributed by atoms with Gasteiger partial charge in [0.15, 0.2) is 0 Å². The number of fused-ring (bicyclic) bond motifs is 3. The molecule has 0 N–H and O–H groups in total. The van der Waals surface area contributed by atoms with Crippen LogP contribution in [0.3, 0.4) is 0 Å². The summed E-state index contributed by atoms with van der Waals surface area (Å²) in [6.45, 7) is 5.53. The molecule has 0 aliphatic heterocycles. The van der Waals surface area contributed by atoms with Crippen LogP contribution in [0.1, 0.15) is 69.9 Å². The number of hydrogen-bond acceptors (Lipinski definition) is 2. The Morgan fingerprint density at radius 3 is 2.00 bits per heavy atom. The summed E-state index contributed by atoms with van der Waals surface area (Å²) in [5, 5.41) is 0. The molecule has 0 amide bonds. The summed E-state index contributed by atoms with van der Waals surface area (Å²) in [7, 11) is 0. The van der Waals surface area contributed by atoms with Crippen LogP contribution in [0, 0.1) is 0 Å². The van der Waals surface area contributed by atoms with Crippen molar-refractivity contribution in [3.05, 3.63) is 59.7 Å². The van der Waals surface area contributed by atoms with Gasteiger partial charge in [0.1, 0.15) is 11.2 Å². The minimum absolute atomic E-state index is 0.313. The summed E-state index contributed by atoms with van der Waals surface area (Å²) in [5.41, 5.74) is 3.99. The molecule has 1 aliphatic rings. The van der Waals surface area contributed by atoms with E-state index < -0.39 is 5.41 Å². The second-order valence-corrected chi connectivity index (χ2v) is 7.64. The predicted octanol–water partition coefficient (Wildman–Crippen LogP) is 6.31. The van der Waals surface area contributed by atoms with Gasteiger partial charge in [0, 0.05) is 13.0 Å². The lowest BCUT2D eigenvalue weighted by Gasteiger charge is -2.30. The van der Waals surface area contributed by atoms with E-state index in [0.717, 1.165) is 36.8 Å². The molecular weight excluding hydrogens is 332 g/mol. The maximum atomic E-state index is 13.6. The van der Waals surface area contributed by atoms with Gasteiger partial charge in [-0.2, -0.15) is 0 Å². The Balaban J connectivity index is 1.97. The van der Waals surface area contributed by atoms with Crippen molar-refractivity contribution < 1.29 is 9.53 Å². The van der Waals surface area contributed by atoms with Gasteiger partial charge in [0.25, 0.3) is 0 Å². The maximum Gasteiger partial charge on any atom is 0.150 e. The third-order valence-electron chi connectivity index (χ3n) is 5.76. The number of ketones is 1. The SMILES string of the molecule is CCCCCCC(=O)C1(COCCCC)c2ccccc2-c2ccccc21. The molecule has 0 unspecified atom stereocenters. The third-order valence-corrected chi connectivity index (χ3v) is 5.76. The number of benzene rings is 2. The Hall–Kier alpha value is -1.93. The van der Waals surface area contributed by atoms with Gasteiger partial charge in [0.05, 0.1) is 6.61 Å². The topological polar surface area (TPSA) is 26.3 Å². The highest BCUT2D eigenvalue weighted by molar-refractivity contribution is 6.01. The van der Waals surface area contributed by atoms with Crippen molar-refractivity contribution in [3.8, 4) is 11.1 Å². The van der Waals surface area contributed by atoms with Gasteiger partial charge in [-0.3, -0.25) is 4.79 Å². The lowest BCUT2D eigenvalue weighted by Crippen LogP contribution is -2.40. The molecule has 2 aromatic carbocycles. The Bertz CT molecular complexity index is 717. The van der Waals surface area contributed by atoms with Crippen molar-refractivity contribution in [2.75, 3.05) is 13.2 Å². The van der Waals surface area contributed by atoms with Crippen molar-refractivity contribution in [1.29, 1.82) is 0 Å². The molecule has 0 heterocycles. The summed E-state index contributed by atoms with van der Waals surface area (Å²) in [6.07, 6.45) is 7.23. The van der Waals surface area contributed by atoms with Crippen LogP contribution in [0.4, 0.5) is 0 Å². The van der Waals surface area contributed by atoms with Gasteiger partial charge >= 0.3 is 0 Å². The van der Waals surface area contributed by atoms with E-state index in [1.54, 1.807) is 0 Å². The van der Waals surface area contributed by atoms with Gasteiger partial charge in [-0.25, -0.2) is 0 Å². The fourth-order valence-electron chi connectivity index (χ4n) is 4.26. The van der Waals surface area contributed by atoms with E-state index in [-0.39, 0.29) is 0 Å². The van der Waals surface area contributed by atoms with Crippen molar-refractivity contribution in [2.45, 2.75) is 64.2 Å². The second-order valence-electron chi connectivity index (χ2n) is 7.64. The molecule has 2 heteroatoms. The highest BCUT2D eigenvalue weighted by atomic mass is 16.5. The number of carbonyl (C=O) groups excluding carboxylic acids is 1. The van der Waals surface area contributed by atoms with Gasteiger partial charge in [0.2, 0.25) is 0 Å². The molecule has 0 saturated carbocycles. The molecule has 0 radical (unpaired) electrons. The van der Waals surface area contributed by atoms with Crippen LogP contribution >= 0.6 is 0 Å². The average molecular weight is 365 g/mol. The molecule has 27 heavy (non-hydrogen) atoms. The Morgan fingerprint density at radius 1 is 0.815 bits per heavy atom. The lowest BCUT2D eigenvalue weighted by atomic mass is 9.73. The van der Waals surface area contributed by atoms with E-state index in [0.29, 0.717) is 25.4 Å². The van der Waals surface area contributed by atoms with E-state index in [1.807, 2.05) is 0 Å². The molecule has 2 nitrogen and oxygen atoms in total. The molecule has 0 bridgehead atoms. The minimum atomic E-state index is -0.646. The maximum absolute atomic E-state index is 13.6. The van der Waals surface area contributed by atoms with Crippen LogP contribution in [0.15, 0.2) is 48.5 Å². The summed E-state index contributed by atoms with van der Waals surface area (Å²) < 4.78 is 6.10. The van der Waals surface area contributed by atoms with Gasteiger partial charge in [-0.05, 0) is 35.1 Å². The van der Waals surface area contributed by atoms with Crippen molar-refractivity contribution in [1.82, 2.24) is 0 Å². The normalized spacial score (nSPS) is 14.0. The van der Waals surface area contributed by atoms with Crippen LogP contribution in [0.25, 0.3) is 11.1 Å². The predicted molar refractivity (Wildman–Crippen MR) is 112 cm³/mol. The van der Waals surface area contributed by atoms with Gasteiger partial charge < -0.3 is 4.74 Å². The van der Waals surface area contributed by atoms with E-state index in [4.69, 9.17) is 4.74 Å². The Morgan fingerprint density at radius 2 is 1.41 bits per heavy atom. The van der Waals surface area contributed by atoms with Gasteiger partial charge in [-0.15, -0.1) is 0 Å². The molecule has 3 rings (SSSR count). The lowest BCUT2D eigenvalue weighted by molar-refractivity contribution is -0.125. The van der Waals surface area contributed by atoms with E-state index in [2.05, 4.69) is 62.4 Å². The number of hydrogen-bond donors (Lipinski definition) is 0. The smallest absolute Gasteiger partial charge is 0.150 e. The molecule has 0 aromatic heterocycles. The highest BCUT2D eigenvalue weighted by Gasteiger charge is 2.48. The number of carbonyl (C=O) groups is 1. The highest BCUT2D eigenvalue weighted by Crippen LogP contribution is 2.50. The van der Waals surface area contributed by atoms with Crippen LogP contribution < -0.4 is 0 Å². The first-order valence-electron chi connectivity index (χ1n) is 10.6. The minimum Gasteiger partial charge on any atom is -0.380 e. The Labute approximate surface area is 164 Å². The molecule has 0 spiro atoms. The molecular formula is C25H32O2. The van der Waals surface area contributed by atoms with Crippen molar-refractivity contribution >= 4 is 5.78 Å². The fraction of sp³-hybridized carbons (Fsp3) is 0.480. The number of ether oxygens (including phenoxy) is 1. The van der Waals surface area contributed by atoms with E-state index in [9.17, 15) is 4.79 Å². The average Bonchev–Trinajstić information content (AvgIpc) is 3.00. The third kappa shape index (κ3) is 3.87. The summed E-state index contributed by atoms with van der Waals surface area (Å²) >= 11 is 0. The molecule has 144 valence electrons. The largest absolute Gasteiger partial charge is 0.380 e. The van der Waals surface area contributed by atoms with Crippen molar-refractivity contribution in [2.24, 2.45) is 0 Å². The molecule has 2 aromatic rings. The van der Waals surface area contributed by atoms with E-state index >= 15 is 0 Å². The molecule has 0 fully saturated rings. The standard InChI is InChI=1S/C25H32O2/c1-3-5-7-8-17-24(26)25(19-27-18-6-4-2)22-15-11-9-13-20(22)21-14-10-12-16-23(21)25/h9-16H,3-8,17-19H2,1-2H3. The van der Waals surface area contributed by atoms with Crippen molar-refractivity contribution in [3.63, 3.8) is 0 Å². The van der Waals surface area contributed by atoms with Crippen LogP contribution in [0.2, 0.25) is 0 Å². The number of unbranched alkanes of at least 4 members (excludes halogenated alkanes) is 4. The first kappa shape index (κ1) is 19.8. The van der Waals surface area contributed by atoms with Crippen LogP contribution in [-0.4, -0.2) is 19.0 Å². The quantitative estimate of drug-likeness (QED) is 0.437. The summed E-state index contributed by atoms with van der Waals surface area (Å²) in [5.74, 6) is 0.313. The summed E-state index contributed by atoms with van der Waals surface area (Å²) in [6, 6.07) is 16.8. The zero-order chi connectivity index (χ0) is 19.1. The molecule has 0 saturated heterocycles. The van der Waals surface area contributed by atoms with Crippen LogP contribution in [0.5, 0.6) is 0 Å². The zero-order valence-electron chi connectivity index (χ0n) is 16.8. The first-order chi connectivity index (χ1) is 13.3. The Kier molecular flexibility index (Phi) is 6.84. The van der Waals surface area contributed by atoms with E-state index in [1.165, 1.54) is 24.0 Å². The zero-order valence-corrected chi connectivity index (χ0v) is 16.8. The number of rotatable bonds is 11. The number of Topliss-reactive ketones (excluding diaryl/α,β-unsaturated/α-hetero) is 1. The van der Waals surface area contributed by atoms with Crippen LogP contribution in [-0.2, 0) is 14.9 Å².